The van der Waals surface area contributed by atoms with Crippen LogP contribution >= 0.6 is 0 Å². The maximum absolute atomic E-state index is 12.7. The number of ether oxygens (including phenoxy) is 2. The maximum atomic E-state index is 12.7. The van der Waals surface area contributed by atoms with E-state index in [2.05, 4.69) is 5.32 Å². The number of methoxy groups -OCH3 is 1. The zero-order valence-corrected chi connectivity index (χ0v) is 13.3. The van der Waals surface area contributed by atoms with E-state index in [1.165, 1.54) is 24.3 Å². The average molecular weight is 331 g/mol. The van der Waals surface area contributed by atoms with Gasteiger partial charge in [0, 0.05) is 18.5 Å². The molecule has 2 aromatic rings. The average Bonchev–Trinajstić information content (AvgIpc) is 2.60. The molecule has 0 atom stereocenters. The third kappa shape index (κ3) is 5.72. The van der Waals surface area contributed by atoms with E-state index < -0.39 is 0 Å². The molecule has 1 amide bonds. The molecule has 0 heterocycles. The SMILES string of the molecule is COc1ccc(NC(=O)CCC(=O)COc2ccc(F)cc2)cc1. The molecule has 0 aromatic heterocycles. The zero-order valence-electron chi connectivity index (χ0n) is 13.3. The van der Waals surface area contributed by atoms with Gasteiger partial charge in [-0.1, -0.05) is 0 Å². The summed E-state index contributed by atoms with van der Waals surface area (Å²) in [6.45, 7) is -0.151. The molecule has 5 nitrogen and oxygen atoms in total. The first kappa shape index (κ1) is 17.5. The van der Waals surface area contributed by atoms with Gasteiger partial charge in [-0.25, -0.2) is 4.39 Å². The van der Waals surface area contributed by atoms with E-state index in [-0.39, 0.29) is 37.0 Å². The predicted molar refractivity (Wildman–Crippen MR) is 87.8 cm³/mol. The second-order valence-electron chi connectivity index (χ2n) is 5.06. The van der Waals surface area contributed by atoms with Crippen molar-refractivity contribution in [2.24, 2.45) is 0 Å². The number of benzene rings is 2. The Bertz CT molecular complexity index is 683. The van der Waals surface area contributed by atoms with Gasteiger partial charge in [-0.2, -0.15) is 0 Å². The largest absolute Gasteiger partial charge is 0.497 e. The first-order valence-corrected chi connectivity index (χ1v) is 7.41. The summed E-state index contributed by atoms with van der Waals surface area (Å²) >= 11 is 0. The lowest BCUT2D eigenvalue weighted by atomic mass is 10.2. The van der Waals surface area contributed by atoms with Crippen molar-refractivity contribution >= 4 is 17.4 Å². The smallest absolute Gasteiger partial charge is 0.224 e. The van der Waals surface area contributed by atoms with Crippen LogP contribution in [-0.4, -0.2) is 25.4 Å². The van der Waals surface area contributed by atoms with Gasteiger partial charge in [0.15, 0.2) is 5.78 Å². The van der Waals surface area contributed by atoms with Gasteiger partial charge in [0.25, 0.3) is 0 Å². The number of carbonyl (C=O) groups excluding carboxylic acids is 2. The highest BCUT2D eigenvalue weighted by atomic mass is 19.1. The molecule has 0 unspecified atom stereocenters. The van der Waals surface area contributed by atoms with Crippen LogP contribution in [0.25, 0.3) is 0 Å². The van der Waals surface area contributed by atoms with Crippen LogP contribution in [0, 0.1) is 5.82 Å². The monoisotopic (exact) mass is 331 g/mol. The molecule has 0 saturated heterocycles. The van der Waals surface area contributed by atoms with Gasteiger partial charge >= 0.3 is 0 Å². The van der Waals surface area contributed by atoms with Crippen LogP contribution < -0.4 is 14.8 Å². The molecule has 0 aliphatic heterocycles. The van der Waals surface area contributed by atoms with E-state index in [9.17, 15) is 14.0 Å². The number of hydrogen-bond donors (Lipinski definition) is 1. The Labute approximate surface area is 139 Å². The lowest BCUT2D eigenvalue weighted by Gasteiger charge is -2.07. The van der Waals surface area contributed by atoms with Crippen molar-refractivity contribution < 1.29 is 23.5 Å². The van der Waals surface area contributed by atoms with Crippen molar-refractivity contribution in [2.75, 3.05) is 19.0 Å². The molecular formula is C18H18FNO4. The first-order chi connectivity index (χ1) is 11.6. The quantitative estimate of drug-likeness (QED) is 0.807. The van der Waals surface area contributed by atoms with Crippen LogP contribution in [0.5, 0.6) is 11.5 Å². The molecule has 0 aliphatic rings. The zero-order chi connectivity index (χ0) is 17.4. The highest BCUT2D eigenvalue weighted by Gasteiger charge is 2.08. The lowest BCUT2D eigenvalue weighted by molar-refractivity contribution is -0.124. The van der Waals surface area contributed by atoms with Gasteiger partial charge in [0.1, 0.15) is 23.9 Å². The molecule has 0 spiro atoms. The molecule has 0 aliphatic carbocycles. The Kier molecular flexibility index (Phi) is 6.31. The molecule has 1 N–H and O–H groups in total. The van der Waals surface area contributed by atoms with Crippen LogP contribution in [0.4, 0.5) is 10.1 Å². The standard InChI is InChI=1S/C18H18FNO4/c1-23-16-9-4-14(5-10-16)20-18(22)11-6-15(21)12-24-17-7-2-13(19)3-8-17/h2-5,7-10H,6,11-12H2,1H3,(H,20,22). The third-order valence-corrected chi connectivity index (χ3v) is 3.22. The van der Waals surface area contributed by atoms with Crippen molar-refractivity contribution in [3.05, 3.63) is 54.3 Å². The Morgan fingerprint density at radius 2 is 1.58 bits per heavy atom. The first-order valence-electron chi connectivity index (χ1n) is 7.41. The number of Topliss-reactive ketones (excluding diaryl/α,β-unsaturated/α-hetero) is 1. The van der Waals surface area contributed by atoms with Crippen molar-refractivity contribution in [2.45, 2.75) is 12.8 Å². The number of hydrogen-bond acceptors (Lipinski definition) is 4. The van der Waals surface area contributed by atoms with Gasteiger partial charge < -0.3 is 14.8 Å². The van der Waals surface area contributed by atoms with E-state index in [4.69, 9.17) is 9.47 Å². The maximum Gasteiger partial charge on any atom is 0.224 e. The van der Waals surface area contributed by atoms with Gasteiger partial charge in [-0.05, 0) is 48.5 Å². The minimum absolute atomic E-state index is 0.0671. The topological polar surface area (TPSA) is 64.6 Å². The second-order valence-corrected chi connectivity index (χ2v) is 5.06. The van der Waals surface area contributed by atoms with Crippen LogP contribution in [0.2, 0.25) is 0 Å². The molecular weight excluding hydrogens is 313 g/mol. The van der Waals surface area contributed by atoms with Crippen LogP contribution in [0.1, 0.15) is 12.8 Å². The summed E-state index contributed by atoms with van der Waals surface area (Å²) in [5.41, 5.74) is 0.635. The molecule has 2 aromatic carbocycles. The van der Waals surface area contributed by atoms with Crippen LogP contribution in [0.3, 0.4) is 0 Å². The summed E-state index contributed by atoms with van der Waals surface area (Å²) in [4.78, 5) is 23.5. The fourth-order valence-corrected chi connectivity index (χ4v) is 1.92. The number of carbonyl (C=O) groups is 2. The number of rotatable bonds is 8. The summed E-state index contributed by atoms with van der Waals surface area (Å²) < 4.78 is 23.0. The van der Waals surface area contributed by atoms with Crippen molar-refractivity contribution in [3.63, 3.8) is 0 Å². The van der Waals surface area contributed by atoms with E-state index in [1.54, 1.807) is 31.4 Å². The normalized spacial score (nSPS) is 10.1. The van der Waals surface area contributed by atoms with Crippen molar-refractivity contribution in [1.82, 2.24) is 0 Å². The Morgan fingerprint density at radius 1 is 0.958 bits per heavy atom. The Morgan fingerprint density at radius 3 is 2.21 bits per heavy atom. The van der Waals surface area contributed by atoms with Crippen molar-refractivity contribution in [3.8, 4) is 11.5 Å². The number of amides is 1. The molecule has 126 valence electrons. The summed E-state index contributed by atoms with van der Waals surface area (Å²) in [5.74, 6) is 0.275. The fourth-order valence-electron chi connectivity index (χ4n) is 1.92. The summed E-state index contributed by atoms with van der Waals surface area (Å²) in [6, 6.07) is 12.3. The molecule has 0 saturated carbocycles. The van der Waals surface area contributed by atoms with Gasteiger partial charge in [-0.3, -0.25) is 9.59 Å². The number of halogens is 1. The number of ketones is 1. The van der Waals surface area contributed by atoms with E-state index in [0.717, 1.165) is 0 Å². The minimum Gasteiger partial charge on any atom is -0.497 e. The highest BCUT2D eigenvalue weighted by molar-refractivity contribution is 5.93. The van der Waals surface area contributed by atoms with Crippen LogP contribution in [0.15, 0.2) is 48.5 Å². The minimum atomic E-state index is -0.371. The van der Waals surface area contributed by atoms with Gasteiger partial charge in [0.2, 0.25) is 5.91 Å². The van der Waals surface area contributed by atoms with E-state index >= 15 is 0 Å². The Hall–Kier alpha value is -2.89. The highest BCUT2D eigenvalue weighted by Crippen LogP contribution is 2.15. The Balaban J connectivity index is 1.70. The summed E-state index contributed by atoms with van der Waals surface area (Å²) in [6.07, 6.45) is 0.140. The molecule has 24 heavy (non-hydrogen) atoms. The van der Waals surface area contributed by atoms with Crippen LogP contribution in [-0.2, 0) is 9.59 Å². The molecule has 0 bridgehead atoms. The van der Waals surface area contributed by atoms with Gasteiger partial charge in [-0.15, -0.1) is 0 Å². The second kappa shape index (κ2) is 8.67. The molecule has 0 radical (unpaired) electrons. The molecule has 0 fully saturated rings. The fraction of sp³-hybridized carbons (Fsp3) is 0.222. The van der Waals surface area contributed by atoms with E-state index in [0.29, 0.717) is 17.2 Å². The summed E-state index contributed by atoms with van der Waals surface area (Å²) in [5, 5.41) is 2.70. The predicted octanol–water partition coefficient (Wildman–Crippen LogP) is 3.20. The molecule has 6 heteroatoms. The van der Waals surface area contributed by atoms with Gasteiger partial charge in [0.05, 0.1) is 7.11 Å². The van der Waals surface area contributed by atoms with E-state index in [1.807, 2.05) is 0 Å². The number of anilines is 1. The molecule has 2 rings (SSSR count). The number of nitrogens with one attached hydrogen (secondary N) is 1. The lowest BCUT2D eigenvalue weighted by Crippen LogP contribution is -2.16. The third-order valence-electron chi connectivity index (χ3n) is 3.22. The summed E-state index contributed by atoms with van der Waals surface area (Å²) in [7, 11) is 1.56. The van der Waals surface area contributed by atoms with Crippen molar-refractivity contribution in [1.29, 1.82) is 0 Å².